The van der Waals surface area contributed by atoms with Crippen molar-refractivity contribution in [1.82, 2.24) is 0 Å². The first-order chi connectivity index (χ1) is 8.88. The van der Waals surface area contributed by atoms with Crippen molar-refractivity contribution in [2.45, 2.75) is 37.4 Å². The maximum absolute atomic E-state index is 11.8. The number of rotatable bonds is 5. The van der Waals surface area contributed by atoms with Gasteiger partial charge in [-0.2, -0.15) is 0 Å². The van der Waals surface area contributed by atoms with E-state index >= 15 is 0 Å². The first kappa shape index (κ1) is 18.2. The third-order valence-electron chi connectivity index (χ3n) is 3.09. The quantitative estimate of drug-likeness (QED) is 0.549. The van der Waals surface area contributed by atoms with Crippen LogP contribution < -0.4 is 0 Å². The summed E-state index contributed by atoms with van der Waals surface area (Å²) in [5.74, 6) is 0. The van der Waals surface area contributed by atoms with E-state index in [1.165, 1.54) is 18.2 Å². The molecule has 4 nitrogen and oxygen atoms in total. The maximum atomic E-state index is 11.8. The lowest BCUT2D eigenvalue weighted by molar-refractivity contribution is 0.0854. The third kappa shape index (κ3) is 4.07. The van der Waals surface area contributed by atoms with Gasteiger partial charge in [0.1, 0.15) is 0 Å². The Morgan fingerprint density at radius 2 is 1.80 bits per heavy atom. The molecular formula is C12H19Cl2O4PSi. The molecule has 0 amide bonds. The summed E-state index contributed by atoms with van der Waals surface area (Å²) < 4.78 is 11.8. The number of aliphatic hydroxyl groups is 1. The smallest absolute Gasteiger partial charge is 0.361 e. The molecule has 0 spiro atoms. The van der Waals surface area contributed by atoms with Crippen LogP contribution in [0.4, 0.5) is 0 Å². The number of hydrogen-bond donors (Lipinski definition) is 3. The van der Waals surface area contributed by atoms with Crippen LogP contribution in [0.25, 0.3) is 0 Å². The van der Waals surface area contributed by atoms with Gasteiger partial charge in [0.25, 0.3) is 0 Å². The van der Waals surface area contributed by atoms with E-state index in [1.54, 1.807) is 0 Å². The lowest BCUT2D eigenvalue weighted by Crippen LogP contribution is -2.30. The van der Waals surface area contributed by atoms with Gasteiger partial charge in [0.2, 0.25) is 0 Å². The fourth-order valence-electron chi connectivity index (χ4n) is 1.80. The van der Waals surface area contributed by atoms with E-state index in [9.17, 15) is 19.5 Å². The van der Waals surface area contributed by atoms with Crippen LogP contribution in [-0.2, 0) is 9.91 Å². The normalized spacial score (nSPS) is 16.0. The molecule has 0 heterocycles. The van der Waals surface area contributed by atoms with Gasteiger partial charge < -0.3 is 14.9 Å². The van der Waals surface area contributed by atoms with Gasteiger partial charge in [0.15, 0.2) is 5.34 Å². The summed E-state index contributed by atoms with van der Waals surface area (Å²) in [4.78, 5) is 19.2. The molecule has 0 radical (unpaired) electrons. The zero-order valence-electron chi connectivity index (χ0n) is 11.6. The summed E-state index contributed by atoms with van der Waals surface area (Å²) in [6.45, 7) is 6.19. The average molecular weight is 357 g/mol. The summed E-state index contributed by atoms with van der Waals surface area (Å²) in [6, 6.07) is 4.97. The Labute approximate surface area is 129 Å². The van der Waals surface area contributed by atoms with Crippen LogP contribution in [-0.4, -0.2) is 23.0 Å². The number of halogens is 2. The Kier molecular flexibility index (Phi) is 5.53. The topological polar surface area (TPSA) is 77.8 Å². The van der Waals surface area contributed by atoms with Crippen molar-refractivity contribution in [3.8, 4) is 0 Å². The highest BCUT2D eigenvalue weighted by atomic mass is 35.5. The monoisotopic (exact) mass is 356 g/mol. The van der Waals surface area contributed by atoms with Crippen molar-refractivity contribution >= 4 is 38.9 Å². The molecule has 0 bridgehead atoms. The lowest BCUT2D eigenvalue weighted by atomic mass is 10.1. The van der Waals surface area contributed by atoms with E-state index in [-0.39, 0.29) is 22.0 Å². The van der Waals surface area contributed by atoms with Gasteiger partial charge in [-0.1, -0.05) is 61.0 Å². The van der Waals surface area contributed by atoms with Crippen molar-refractivity contribution in [2.75, 3.05) is 0 Å². The number of benzene rings is 1. The summed E-state index contributed by atoms with van der Waals surface area (Å²) >= 11 is 11.9. The second-order valence-electron chi connectivity index (χ2n) is 6.02. The van der Waals surface area contributed by atoms with Gasteiger partial charge in [-0.05, 0) is 12.5 Å². The molecule has 0 aromatic heterocycles. The van der Waals surface area contributed by atoms with Crippen LogP contribution in [0.3, 0.4) is 0 Å². The molecule has 0 aliphatic rings. The van der Waals surface area contributed by atoms with E-state index in [4.69, 9.17) is 23.2 Å². The molecule has 3 N–H and O–H groups in total. The SMILES string of the molecule is C[Si](C)(C)CCC(O)(c1cccc(Cl)c1Cl)P(=O)(O)O. The molecule has 8 heteroatoms. The second kappa shape index (κ2) is 6.09. The lowest BCUT2D eigenvalue weighted by Gasteiger charge is -2.32. The Morgan fingerprint density at radius 3 is 2.25 bits per heavy atom. The molecule has 1 aromatic carbocycles. The molecule has 0 saturated carbocycles. The number of hydrogen-bond acceptors (Lipinski definition) is 2. The molecule has 1 unspecified atom stereocenters. The zero-order valence-corrected chi connectivity index (χ0v) is 15.0. The summed E-state index contributed by atoms with van der Waals surface area (Å²) in [6.07, 6.45) is -0.0485. The largest absolute Gasteiger partial charge is 0.373 e. The molecule has 1 atom stereocenters. The first-order valence-corrected chi connectivity index (χ1v) is 12.2. The van der Waals surface area contributed by atoms with Crippen molar-refractivity contribution < 1.29 is 19.5 Å². The predicted octanol–water partition coefficient (Wildman–Crippen LogP) is 4.04. The minimum atomic E-state index is -4.81. The maximum Gasteiger partial charge on any atom is 0.361 e. The fourth-order valence-corrected chi connectivity index (χ4v) is 4.55. The van der Waals surface area contributed by atoms with Crippen molar-refractivity contribution in [1.29, 1.82) is 0 Å². The molecule has 114 valence electrons. The zero-order chi connectivity index (χ0) is 15.8. The summed E-state index contributed by atoms with van der Waals surface area (Å²) in [5.41, 5.74) is -0.0155. The van der Waals surface area contributed by atoms with Gasteiger partial charge in [-0.3, -0.25) is 4.57 Å². The third-order valence-corrected chi connectivity index (χ3v) is 7.09. The van der Waals surface area contributed by atoms with E-state index in [1.807, 2.05) is 0 Å². The molecule has 0 fully saturated rings. The van der Waals surface area contributed by atoms with E-state index in [0.29, 0.717) is 6.04 Å². The Morgan fingerprint density at radius 1 is 1.25 bits per heavy atom. The fraction of sp³-hybridized carbons (Fsp3) is 0.500. The van der Waals surface area contributed by atoms with E-state index in [0.717, 1.165) is 0 Å². The van der Waals surface area contributed by atoms with Crippen molar-refractivity contribution in [3.05, 3.63) is 33.8 Å². The molecule has 0 aliphatic heterocycles. The van der Waals surface area contributed by atoms with E-state index in [2.05, 4.69) is 19.6 Å². The molecule has 0 aliphatic carbocycles. The average Bonchev–Trinajstić information content (AvgIpc) is 2.27. The first-order valence-electron chi connectivity index (χ1n) is 6.11. The van der Waals surface area contributed by atoms with Crippen molar-refractivity contribution in [2.24, 2.45) is 0 Å². The highest BCUT2D eigenvalue weighted by Gasteiger charge is 2.48. The molecule has 20 heavy (non-hydrogen) atoms. The Hall–Kier alpha value is 0.127. The van der Waals surface area contributed by atoms with Crippen LogP contribution in [0.5, 0.6) is 0 Å². The van der Waals surface area contributed by atoms with Crippen LogP contribution in [0.1, 0.15) is 12.0 Å². The molecule has 1 rings (SSSR count). The summed E-state index contributed by atoms with van der Waals surface area (Å²) in [5, 5.41) is 8.45. The highest BCUT2D eigenvalue weighted by molar-refractivity contribution is 7.52. The van der Waals surface area contributed by atoms with Crippen LogP contribution in [0, 0.1) is 0 Å². The van der Waals surface area contributed by atoms with Gasteiger partial charge in [-0.25, -0.2) is 0 Å². The second-order valence-corrected chi connectivity index (χ2v) is 14.3. The predicted molar refractivity (Wildman–Crippen MR) is 85.2 cm³/mol. The van der Waals surface area contributed by atoms with Crippen LogP contribution >= 0.6 is 30.8 Å². The molecular weight excluding hydrogens is 338 g/mol. The Balaban J connectivity index is 3.33. The Bertz CT molecular complexity index is 541. The van der Waals surface area contributed by atoms with Gasteiger partial charge in [-0.15, -0.1) is 0 Å². The molecule has 0 saturated heterocycles. The summed E-state index contributed by atoms with van der Waals surface area (Å²) in [7, 11) is -6.40. The van der Waals surface area contributed by atoms with Gasteiger partial charge in [0, 0.05) is 13.6 Å². The van der Waals surface area contributed by atoms with Gasteiger partial charge in [0.05, 0.1) is 10.0 Å². The minimum absolute atomic E-state index is 0.0155. The van der Waals surface area contributed by atoms with Crippen LogP contribution in [0.2, 0.25) is 35.7 Å². The van der Waals surface area contributed by atoms with E-state index < -0.39 is 21.0 Å². The highest BCUT2D eigenvalue weighted by Crippen LogP contribution is 2.59. The molecule has 1 aromatic rings. The van der Waals surface area contributed by atoms with Gasteiger partial charge >= 0.3 is 7.60 Å². The van der Waals surface area contributed by atoms with Crippen molar-refractivity contribution in [3.63, 3.8) is 0 Å². The van der Waals surface area contributed by atoms with Crippen LogP contribution in [0.15, 0.2) is 18.2 Å². The standard InChI is InChI=1S/C12H19Cl2O4PSi/c1-20(2,3)8-7-12(15,19(16,17)18)9-5-4-6-10(13)11(9)14/h4-6,15H,7-8H2,1-3H3,(H2,16,17,18). The minimum Gasteiger partial charge on any atom is -0.373 e.